The van der Waals surface area contributed by atoms with E-state index in [1.807, 2.05) is 0 Å². The predicted octanol–water partition coefficient (Wildman–Crippen LogP) is -0.969. The lowest BCUT2D eigenvalue weighted by Gasteiger charge is -2.37. The molecule has 5 heteroatoms. The Bertz CT molecular complexity index is 150. The van der Waals surface area contributed by atoms with Crippen LogP contribution < -0.4 is 0 Å². The summed E-state index contributed by atoms with van der Waals surface area (Å²) in [6.07, 6.45) is -5.08. The number of aliphatic hydroxyl groups excluding tert-OH is 3. The van der Waals surface area contributed by atoms with Crippen LogP contribution in [0.3, 0.4) is 0 Å². The molecule has 1 saturated heterocycles. The van der Waals surface area contributed by atoms with Crippen molar-refractivity contribution in [3.63, 3.8) is 0 Å². The summed E-state index contributed by atoms with van der Waals surface area (Å²) in [5.74, 6) is -0.717. The van der Waals surface area contributed by atoms with Crippen molar-refractivity contribution in [3.05, 3.63) is 0 Å². The van der Waals surface area contributed by atoms with Crippen LogP contribution in [-0.4, -0.2) is 46.6 Å². The molecule has 1 rings (SSSR count). The van der Waals surface area contributed by atoms with E-state index in [9.17, 15) is 9.50 Å². The molecule has 0 aromatic rings. The van der Waals surface area contributed by atoms with Gasteiger partial charge in [-0.2, -0.15) is 0 Å². The molecular weight excluding hydrogens is 167 g/mol. The second-order valence-corrected chi connectivity index (χ2v) is 3.04. The maximum Gasteiger partial charge on any atom is 0.187 e. The average molecular weight is 180 g/mol. The number of hydrogen-bond donors (Lipinski definition) is 3. The van der Waals surface area contributed by atoms with Crippen molar-refractivity contribution in [1.82, 2.24) is 0 Å². The summed E-state index contributed by atoms with van der Waals surface area (Å²) in [5.41, 5.74) is 0. The van der Waals surface area contributed by atoms with Crippen LogP contribution in [0.1, 0.15) is 6.92 Å². The van der Waals surface area contributed by atoms with Crippen LogP contribution in [-0.2, 0) is 4.74 Å². The molecule has 0 radical (unpaired) electrons. The van der Waals surface area contributed by atoms with Gasteiger partial charge in [0, 0.05) is 5.92 Å². The fraction of sp³-hybridized carbons (Fsp3) is 1.00. The first-order chi connectivity index (χ1) is 5.57. The molecule has 3 N–H and O–H groups in total. The molecule has 1 aliphatic rings. The molecule has 1 fully saturated rings. The Morgan fingerprint density at radius 3 is 2.50 bits per heavy atom. The molecule has 1 heterocycles. The lowest BCUT2D eigenvalue weighted by Crippen LogP contribution is -2.52. The Labute approximate surface area is 69.6 Å². The van der Waals surface area contributed by atoms with Gasteiger partial charge in [0.05, 0.1) is 12.7 Å². The van der Waals surface area contributed by atoms with Crippen molar-refractivity contribution < 1.29 is 24.4 Å². The molecule has 4 nitrogen and oxygen atoms in total. The number of ether oxygens (including phenoxy) is 1. The van der Waals surface area contributed by atoms with E-state index in [1.165, 1.54) is 6.92 Å². The van der Waals surface area contributed by atoms with Crippen LogP contribution in [0.2, 0.25) is 0 Å². The molecule has 5 atom stereocenters. The van der Waals surface area contributed by atoms with Gasteiger partial charge < -0.3 is 20.1 Å². The Morgan fingerprint density at radius 1 is 1.42 bits per heavy atom. The van der Waals surface area contributed by atoms with Gasteiger partial charge in [0.1, 0.15) is 6.10 Å². The molecule has 0 saturated carbocycles. The summed E-state index contributed by atoms with van der Waals surface area (Å²) in [6, 6.07) is 0. The second-order valence-electron chi connectivity index (χ2n) is 3.04. The van der Waals surface area contributed by atoms with Crippen LogP contribution in [0.4, 0.5) is 4.39 Å². The Kier molecular flexibility index (Phi) is 3.00. The van der Waals surface area contributed by atoms with Gasteiger partial charge in [0.25, 0.3) is 0 Å². The highest BCUT2D eigenvalue weighted by molar-refractivity contribution is 4.85. The van der Waals surface area contributed by atoms with Gasteiger partial charge in [-0.15, -0.1) is 0 Å². The molecule has 72 valence electrons. The fourth-order valence-electron chi connectivity index (χ4n) is 1.27. The molecule has 0 bridgehead atoms. The molecule has 0 spiro atoms. The summed E-state index contributed by atoms with van der Waals surface area (Å²) in [5, 5.41) is 26.9. The highest BCUT2D eigenvalue weighted by Gasteiger charge is 2.41. The van der Waals surface area contributed by atoms with Crippen LogP contribution >= 0.6 is 0 Å². The standard InChI is InChI=1S/C7H13FO4/c1-3-5(8)7(11)12-4(2-9)6(3)10/h3-7,9-11H,2H2,1H3/t3?,4?,5?,6-,7-/m0/s1. The number of alkyl halides is 1. The first kappa shape index (κ1) is 9.85. The van der Waals surface area contributed by atoms with Crippen LogP contribution in [0.5, 0.6) is 0 Å². The van der Waals surface area contributed by atoms with Gasteiger partial charge in [-0.1, -0.05) is 6.92 Å². The zero-order valence-corrected chi connectivity index (χ0v) is 6.72. The Morgan fingerprint density at radius 2 is 2.00 bits per heavy atom. The average Bonchev–Trinajstić information content (AvgIpc) is 2.08. The van der Waals surface area contributed by atoms with Crippen molar-refractivity contribution in [2.24, 2.45) is 5.92 Å². The van der Waals surface area contributed by atoms with Crippen LogP contribution in [0, 0.1) is 5.92 Å². The summed E-state index contributed by atoms with van der Waals surface area (Å²) >= 11 is 0. The zero-order chi connectivity index (χ0) is 9.30. The highest BCUT2D eigenvalue weighted by Crippen LogP contribution is 2.26. The third kappa shape index (κ3) is 1.59. The lowest BCUT2D eigenvalue weighted by atomic mass is 9.92. The Balaban J connectivity index is 2.63. The SMILES string of the molecule is CC1C(F)[C@@H](O)OC(CO)[C@H]1O. The van der Waals surface area contributed by atoms with E-state index in [0.29, 0.717) is 0 Å². The van der Waals surface area contributed by atoms with Gasteiger partial charge in [-0.25, -0.2) is 4.39 Å². The first-order valence-electron chi connectivity index (χ1n) is 3.84. The molecule has 3 unspecified atom stereocenters. The number of hydrogen-bond acceptors (Lipinski definition) is 4. The first-order valence-corrected chi connectivity index (χ1v) is 3.84. The molecule has 1 aliphatic heterocycles. The van der Waals surface area contributed by atoms with Crippen molar-refractivity contribution >= 4 is 0 Å². The van der Waals surface area contributed by atoms with E-state index >= 15 is 0 Å². The topological polar surface area (TPSA) is 69.9 Å². The van der Waals surface area contributed by atoms with Gasteiger partial charge in [0.2, 0.25) is 0 Å². The van der Waals surface area contributed by atoms with E-state index < -0.39 is 37.2 Å². The van der Waals surface area contributed by atoms with Gasteiger partial charge >= 0.3 is 0 Å². The monoisotopic (exact) mass is 180 g/mol. The second kappa shape index (κ2) is 3.66. The lowest BCUT2D eigenvalue weighted by molar-refractivity contribution is -0.255. The number of halogens is 1. The highest BCUT2D eigenvalue weighted by atomic mass is 19.1. The maximum atomic E-state index is 12.9. The minimum atomic E-state index is -1.59. The normalized spacial score (nSPS) is 49.2. The summed E-state index contributed by atoms with van der Waals surface area (Å²) in [4.78, 5) is 0. The van der Waals surface area contributed by atoms with Crippen LogP contribution in [0.25, 0.3) is 0 Å². The quantitative estimate of drug-likeness (QED) is 0.485. The van der Waals surface area contributed by atoms with Crippen molar-refractivity contribution in [2.45, 2.75) is 31.6 Å². The van der Waals surface area contributed by atoms with Gasteiger partial charge in [-0.05, 0) is 0 Å². The maximum absolute atomic E-state index is 12.9. The molecule has 12 heavy (non-hydrogen) atoms. The minimum Gasteiger partial charge on any atom is -0.394 e. The number of rotatable bonds is 1. The fourth-order valence-corrected chi connectivity index (χ4v) is 1.27. The third-order valence-corrected chi connectivity index (χ3v) is 2.19. The molecular formula is C7H13FO4. The van der Waals surface area contributed by atoms with E-state index in [0.717, 1.165) is 0 Å². The third-order valence-electron chi connectivity index (χ3n) is 2.19. The smallest absolute Gasteiger partial charge is 0.187 e. The van der Waals surface area contributed by atoms with Crippen molar-refractivity contribution in [2.75, 3.05) is 6.61 Å². The molecule has 0 aromatic carbocycles. The Hall–Kier alpha value is -0.230. The largest absolute Gasteiger partial charge is 0.394 e. The minimum absolute atomic E-state index is 0.421. The van der Waals surface area contributed by atoms with Crippen LogP contribution in [0.15, 0.2) is 0 Å². The van der Waals surface area contributed by atoms with Gasteiger partial charge in [0.15, 0.2) is 12.5 Å². The summed E-state index contributed by atoms with van der Waals surface area (Å²) in [6.45, 7) is 1.04. The summed E-state index contributed by atoms with van der Waals surface area (Å²) in [7, 11) is 0. The van der Waals surface area contributed by atoms with E-state index in [-0.39, 0.29) is 0 Å². The zero-order valence-electron chi connectivity index (χ0n) is 6.72. The summed E-state index contributed by atoms with van der Waals surface area (Å²) < 4.78 is 17.5. The molecule has 0 aliphatic carbocycles. The molecule has 0 aromatic heterocycles. The van der Waals surface area contributed by atoms with E-state index in [2.05, 4.69) is 4.74 Å². The van der Waals surface area contributed by atoms with Crippen molar-refractivity contribution in [3.8, 4) is 0 Å². The van der Waals surface area contributed by atoms with E-state index in [1.54, 1.807) is 0 Å². The van der Waals surface area contributed by atoms with Gasteiger partial charge in [-0.3, -0.25) is 0 Å². The number of aliphatic hydroxyl groups is 3. The van der Waals surface area contributed by atoms with Crippen molar-refractivity contribution in [1.29, 1.82) is 0 Å². The predicted molar refractivity (Wildman–Crippen MR) is 38.0 cm³/mol. The van der Waals surface area contributed by atoms with E-state index in [4.69, 9.17) is 10.2 Å². The molecule has 0 amide bonds.